The minimum Gasteiger partial charge on any atom is -0.491 e. The third-order valence-corrected chi connectivity index (χ3v) is 3.22. The molecule has 2 heterocycles. The van der Waals surface area contributed by atoms with Crippen LogP contribution in [0.5, 0.6) is 5.75 Å². The summed E-state index contributed by atoms with van der Waals surface area (Å²) in [7, 11) is 0. The Hall–Kier alpha value is -2.67. The molecule has 0 spiro atoms. The van der Waals surface area contributed by atoms with E-state index < -0.39 is 0 Å². The number of H-pyrrole nitrogens is 1. The molecule has 0 radical (unpaired) electrons. The Morgan fingerprint density at radius 2 is 2.22 bits per heavy atom. The first-order valence-electron chi connectivity index (χ1n) is 7.16. The largest absolute Gasteiger partial charge is 0.491 e. The minimum atomic E-state index is 0.100. The number of aromatic amines is 1. The second-order valence-corrected chi connectivity index (χ2v) is 5.51. The van der Waals surface area contributed by atoms with Gasteiger partial charge in [0.25, 0.3) is 0 Å². The maximum absolute atomic E-state index is 5.72. The molecular formula is C16H16N4O2S. The molecule has 0 saturated carbocycles. The van der Waals surface area contributed by atoms with Crippen LogP contribution in [0.15, 0.2) is 52.2 Å². The van der Waals surface area contributed by atoms with Gasteiger partial charge in [-0.15, -0.1) is 0 Å². The van der Waals surface area contributed by atoms with Gasteiger partial charge in [0.05, 0.1) is 18.6 Å². The molecule has 118 valence electrons. The van der Waals surface area contributed by atoms with Crippen LogP contribution in [0.3, 0.4) is 0 Å². The molecule has 0 aliphatic carbocycles. The predicted octanol–water partition coefficient (Wildman–Crippen LogP) is 3.87. The van der Waals surface area contributed by atoms with E-state index in [1.54, 1.807) is 23.2 Å². The van der Waals surface area contributed by atoms with Gasteiger partial charge in [0, 0.05) is 5.56 Å². The molecule has 0 unspecified atom stereocenters. The van der Waals surface area contributed by atoms with E-state index in [1.165, 1.54) is 0 Å². The normalized spacial score (nSPS) is 11.4. The highest BCUT2D eigenvalue weighted by atomic mass is 32.1. The standard InChI is InChI=1S/C16H16N4O2S/c1-11(2)22-13-6-3-5-12(9-13)15-18-19-16(23)20(15)17-10-14-7-4-8-21-14/h3-11H,1-2H3,(H,19,23)/b17-10-. The van der Waals surface area contributed by atoms with Gasteiger partial charge in [0.15, 0.2) is 5.82 Å². The highest BCUT2D eigenvalue weighted by Gasteiger charge is 2.09. The topological polar surface area (TPSA) is 68.3 Å². The van der Waals surface area contributed by atoms with E-state index >= 15 is 0 Å². The van der Waals surface area contributed by atoms with Gasteiger partial charge < -0.3 is 9.15 Å². The lowest BCUT2D eigenvalue weighted by atomic mass is 10.2. The Bertz CT molecular complexity index is 862. The summed E-state index contributed by atoms with van der Waals surface area (Å²) in [6.45, 7) is 3.97. The first kappa shape index (κ1) is 15.2. The van der Waals surface area contributed by atoms with Gasteiger partial charge in [0.2, 0.25) is 4.77 Å². The molecule has 23 heavy (non-hydrogen) atoms. The van der Waals surface area contributed by atoms with E-state index in [2.05, 4.69) is 15.3 Å². The molecule has 2 aromatic heterocycles. The fourth-order valence-corrected chi connectivity index (χ4v) is 2.22. The summed E-state index contributed by atoms with van der Waals surface area (Å²) in [5.41, 5.74) is 0.854. The van der Waals surface area contributed by atoms with Gasteiger partial charge in [0.1, 0.15) is 11.5 Å². The van der Waals surface area contributed by atoms with Crippen molar-refractivity contribution >= 4 is 18.4 Å². The highest BCUT2D eigenvalue weighted by molar-refractivity contribution is 7.71. The van der Waals surface area contributed by atoms with Crippen LogP contribution in [0.1, 0.15) is 19.6 Å². The predicted molar refractivity (Wildman–Crippen MR) is 90.3 cm³/mol. The number of hydrogen-bond donors (Lipinski definition) is 1. The average molecular weight is 328 g/mol. The average Bonchev–Trinajstić information content (AvgIpc) is 3.14. The van der Waals surface area contributed by atoms with Crippen molar-refractivity contribution in [3.63, 3.8) is 0 Å². The summed E-state index contributed by atoms with van der Waals surface area (Å²) in [4.78, 5) is 0. The zero-order valence-electron chi connectivity index (χ0n) is 12.8. The maximum Gasteiger partial charge on any atom is 0.216 e. The van der Waals surface area contributed by atoms with Crippen molar-refractivity contribution in [2.45, 2.75) is 20.0 Å². The molecular weight excluding hydrogens is 312 g/mol. The number of hydrogen-bond acceptors (Lipinski definition) is 5. The molecule has 6 nitrogen and oxygen atoms in total. The van der Waals surface area contributed by atoms with Crippen molar-refractivity contribution in [3.8, 4) is 17.1 Å². The molecule has 3 aromatic rings. The molecule has 0 aliphatic heterocycles. The van der Waals surface area contributed by atoms with E-state index in [0.717, 1.165) is 11.3 Å². The SMILES string of the molecule is CC(C)Oc1cccc(-c2n[nH]c(=S)n2/N=C\c2ccco2)c1. The van der Waals surface area contributed by atoms with Gasteiger partial charge in [-0.1, -0.05) is 12.1 Å². The minimum absolute atomic E-state index is 0.100. The van der Waals surface area contributed by atoms with Gasteiger partial charge in [-0.25, -0.2) is 5.10 Å². The second-order valence-electron chi connectivity index (χ2n) is 5.12. The third kappa shape index (κ3) is 3.57. The number of nitrogens with zero attached hydrogens (tertiary/aromatic N) is 3. The van der Waals surface area contributed by atoms with Gasteiger partial charge in [-0.3, -0.25) is 0 Å². The van der Waals surface area contributed by atoms with Crippen molar-refractivity contribution in [1.82, 2.24) is 14.9 Å². The lowest BCUT2D eigenvalue weighted by Gasteiger charge is -2.10. The van der Waals surface area contributed by atoms with E-state index in [0.29, 0.717) is 16.4 Å². The number of benzene rings is 1. The monoisotopic (exact) mass is 328 g/mol. The van der Waals surface area contributed by atoms with Gasteiger partial charge in [-0.2, -0.15) is 14.9 Å². The number of nitrogens with one attached hydrogen (secondary N) is 1. The Morgan fingerprint density at radius 3 is 2.96 bits per heavy atom. The molecule has 0 amide bonds. The highest BCUT2D eigenvalue weighted by Crippen LogP contribution is 2.23. The Kier molecular flexibility index (Phi) is 4.38. The Balaban J connectivity index is 1.96. The molecule has 3 rings (SSSR count). The van der Waals surface area contributed by atoms with Crippen molar-refractivity contribution in [2.75, 3.05) is 0 Å². The van der Waals surface area contributed by atoms with Crippen LogP contribution < -0.4 is 4.74 Å². The van der Waals surface area contributed by atoms with E-state index in [9.17, 15) is 0 Å². The van der Waals surface area contributed by atoms with Crippen molar-refractivity contribution in [1.29, 1.82) is 0 Å². The van der Waals surface area contributed by atoms with Crippen LogP contribution in [0, 0.1) is 4.77 Å². The summed E-state index contributed by atoms with van der Waals surface area (Å²) in [5, 5.41) is 11.3. The summed E-state index contributed by atoms with van der Waals surface area (Å²) in [5.74, 6) is 2.01. The van der Waals surface area contributed by atoms with E-state index in [-0.39, 0.29) is 6.10 Å². The van der Waals surface area contributed by atoms with Crippen LogP contribution in [0.25, 0.3) is 11.4 Å². The summed E-state index contributed by atoms with van der Waals surface area (Å²) in [6, 6.07) is 11.3. The first-order valence-corrected chi connectivity index (χ1v) is 7.56. The molecule has 1 N–H and O–H groups in total. The Morgan fingerprint density at radius 1 is 1.35 bits per heavy atom. The molecule has 0 saturated heterocycles. The van der Waals surface area contributed by atoms with Crippen LogP contribution in [-0.2, 0) is 0 Å². The lowest BCUT2D eigenvalue weighted by molar-refractivity contribution is 0.242. The first-order chi connectivity index (χ1) is 11.1. The second kappa shape index (κ2) is 6.62. The van der Waals surface area contributed by atoms with Crippen LogP contribution >= 0.6 is 12.2 Å². The van der Waals surface area contributed by atoms with Gasteiger partial charge >= 0.3 is 0 Å². The number of furan rings is 1. The maximum atomic E-state index is 5.72. The number of ether oxygens (including phenoxy) is 1. The van der Waals surface area contributed by atoms with E-state index in [1.807, 2.05) is 44.2 Å². The zero-order chi connectivity index (χ0) is 16.2. The third-order valence-electron chi connectivity index (χ3n) is 2.96. The summed E-state index contributed by atoms with van der Waals surface area (Å²) in [6.07, 6.45) is 3.27. The molecule has 0 fully saturated rings. The summed E-state index contributed by atoms with van der Waals surface area (Å²) >= 11 is 5.24. The Labute approximate surface area is 138 Å². The smallest absolute Gasteiger partial charge is 0.216 e. The summed E-state index contributed by atoms with van der Waals surface area (Å²) < 4.78 is 12.9. The van der Waals surface area contributed by atoms with Crippen molar-refractivity contribution in [3.05, 3.63) is 53.2 Å². The molecule has 0 aliphatic rings. The fraction of sp³-hybridized carbons (Fsp3) is 0.188. The van der Waals surface area contributed by atoms with Crippen molar-refractivity contribution < 1.29 is 9.15 Å². The number of aromatic nitrogens is 3. The van der Waals surface area contributed by atoms with E-state index in [4.69, 9.17) is 21.4 Å². The number of rotatable bonds is 5. The quantitative estimate of drug-likeness (QED) is 0.570. The molecule has 7 heteroatoms. The van der Waals surface area contributed by atoms with Crippen LogP contribution in [0.2, 0.25) is 0 Å². The molecule has 0 bridgehead atoms. The van der Waals surface area contributed by atoms with Crippen LogP contribution in [-0.4, -0.2) is 27.2 Å². The molecule has 1 aromatic carbocycles. The lowest BCUT2D eigenvalue weighted by Crippen LogP contribution is -2.05. The van der Waals surface area contributed by atoms with Gasteiger partial charge in [-0.05, 0) is 50.3 Å². The zero-order valence-corrected chi connectivity index (χ0v) is 13.6. The molecule has 0 atom stereocenters. The fourth-order valence-electron chi connectivity index (χ4n) is 2.05. The van der Waals surface area contributed by atoms with Crippen molar-refractivity contribution in [2.24, 2.45) is 5.10 Å². The van der Waals surface area contributed by atoms with Crippen LogP contribution in [0.4, 0.5) is 0 Å².